The van der Waals surface area contributed by atoms with Crippen molar-refractivity contribution in [2.45, 2.75) is 6.61 Å². The summed E-state index contributed by atoms with van der Waals surface area (Å²) in [5.41, 5.74) is 7.50. The minimum atomic E-state index is -0.464. The van der Waals surface area contributed by atoms with Crippen molar-refractivity contribution in [3.05, 3.63) is 78.4 Å². The lowest BCUT2D eigenvalue weighted by Gasteiger charge is -2.11. The van der Waals surface area contributed by atoms with Crippen molar-refractivity contribution in [2.75, 3.05) is 19.5 Å². The van der Waals surface area contributed by atoms with E-state index in [9.17, 15) is 4.79 Å². The lowest BCUT2D eigenvalue weighted by atomic mass is 10.2. The van der Waals surface area contributed by atoms with Crippen molar-refractivity contribution >= 4 is 11.7 Å². The van der Waals surface area contributed by atoms with E-state index >= 15 is 0 Å². The van der Waals surface area contributed by atoms with Gasteiger partial charge in [0.05, 0.1) is 12.8 Å². The maximum Gasteiger partial charge on any atom is 0.343 e. The van der Waals surface area contributed by atoms with E-state index in [0.29, 0.717) is 29.5 Å². The van der Waals surface area contributed by atoms with Gasteiger partial charge in [-0.05, 0) is 42.0 Å². The Balaban J connectivity index is 1.56. The summed E-state index contributed by atoms with van der Waals surface area (Å²) in [5, 5.41) is 0. The summed E-state index contributed by atoms with van der Waals surface area (Å²) in [6.45, 7) is 0.321. The third-order valence-corrected chi connectivity index (χ3v) is 3.87. The molecule has 0 amide bonds. The van der Waals surface area contributed by atoms with Gasteiger partial charge >= 0.3 is 5.97 Å². The van der Waals surface area contributed by atoms with E-state index < -0.39 is 5.97 Å². The SMILES string of the molecule is COC(=O)COc1ccc(Oc2ccc(OCc3ccccc3)cc2)c(N)c1. The fourth-order valence-electron chi connectivity index (χ4n) is 2.38. The highest BCUT2D eigenvalue weighted by Gasteiger charge is 2.07. The van der Waals surface area contributed by atoms with Gasteiger partial charge in [-0.3, -0.25) is 0 Å². The Morgan fingerprint density at radius 2 is 1.54 bits per heavy atom. The van der Waals surface area contributed by atoms with Gasteiger partial charge in [-0.1, -0.05) is 30.3 Å². The molecule has 0 heterocycles. The Kier molecular flexibility index (Phi) is 6.36. The number of hydrogen-bond acceptors (Lipinski definition) is 6. The molecule has 0 aliphatic carbocycles. The summed E-state index contributed by atoms with van der Waals surface area (Å²) in [6.07, 6.45) is 0. The van der Waals surface area contributed by atoms with E-state index in [1.807, 2.05) is 42.5 Å². The van der Waals surface area contributed by atoms with Crippen LogP contribution in [0.1, 0.15) is 5.56 Å². The molecule has 0 unspecified atom stereocenters. The number of ether oxygens (including phenoxy) is 4. The molecule has 0 aromatic heterocycles. The molecular weight excluding hydrogens is 358 g/mol. The maximum atomic E-state index is 11.1. The zero-order chi connectivity index (χ0) is 19.8. The summed E-state index contributed by atoms with van der Waals surface area (Å²) in [4.78, 5) is 11.1. The minimum Gasteiger partial charge on any atom is -0.489 e. The van der Waals surface area contributed by atoms with Crippen molar-refractivity contribution < 1.29 is 23.7 Å². The molecular formula is C22H21NO5. The number of esters is 1. The molecule has 2 N–H and O–H groups in total. The van der Waals surface area contributed by atoms with Crippen molar-refractivity contribution in [3.8, 4) is 23.0 Å². The zero-order valence-electron chi connectivity index (χ0n) is 15.5. The molecule has 3 aromatic rings. The first-order valence-corrected chi connectivity index (χ1v) is 8.68. The summed E-state index contributed by atoms with van der Waals surface area (Å²) in [5.74, 6) is 1.86. The van der Waals surface area contributed by atoms with Crippen LogP contribution < -0.4 is 19.9 Å². The highest BCUT2D eigenvalue weighted by molar-refractivity contribution is 5.71. The Bertz CT molecular complexity index is 910. The van der Waals surface area contributed by atoms with Crippen molar-refractivity contribution in [2.24, 2.45) is 0 Å². The summed E-state index contributed by atoms with van der Waals surface area (Å²) in [6, 6.07) is 22.2. The lowest BCUT2D eigenvalue weighted by molar-refractivity contribution is -0.142. The smallest absolute Gasteiger partial charge is 0.343 e. The topological polar surface area (TPSA) is 80.0 Å². The second-order valence-electron chi connectivity index (χ2n) is 5.91. The second-order valence-corrected chi connectivity index (χ2v) is 5.91. The standard InChI is InChI=1S/C22H21NO5/c1-25-22(24)15-27-19-11-12-21(20(23)13-19)28-18-9-7-17(8-10-18)26-14-16-5-3-2-4-6-16/h2-13H,14-15,23H2,1H3. The predicted octanol–water partition coefficient (Wildman–Crippen LogP) is 4.19. The van der Waals surface area contributed by atoms with E-state index in [2.05, 4.69) is 4.74 Å². The molecule has 6 nitrogen and oxygen atoms in total. The van der Waals surface area contributed by atoms with Crippen LogP contribution in [0.2, 0.25) is 0 Å². The van der Waals surface area contributed by atoms with Gasteiger partial charge in [0.1, 0.15) is 23.9 Å². The number of hydrogen-bond donors (Lipinski definition) is 1. The number of nitrogen functional groups attached to an aromatic ring is 1. The minimum absolute atomic E-state index is 0.180. The number of carbonyl (C=O) groups excluding carboxylic acids is 1. The van der Waals surface area contributed by atoms with Crippen LogP contribution in [0, 0.1) is 0 Å². The van der Waals surface area contributed by atoms with Gasteiger partial charge < -0.3 is 24.7 Å². The van der Waals surface area contributed by atoms with Crippen LogP contribution in [-0.4, -0.2) is 19.7 Å². The van der Waals surface area contributed by atoms with Gasteiger partial charge in [0.25, 0.3) is 0 Å². The molecule has 0 aliphatic rings. The van der Waals surface area contributed by atoms with E-state index in [0.717, 1.165) is 11.3 Å². The van der Waals surface area contributed by atoms with Crippen LogP contribution in [0.5, 0.6) is 23.0 Å². The molecule has 0 fully saturated rings. The highest BCUT2D eigenvalue weighted by Crippen LogP contribution is 2.31. The third-order valence-electron chi connectivity index (χ3n) is 3.87. The Hall–Kier alpha value is -3.67. The molecule has 0 aliphatic heterocycles. The molecule has 144 valence electrons. The van der Waals surface area contributed by atoms with Gasteiger partial charge in [0.15, 0.2) is 12.4 Å². The fourth-order valence-corrected chi connectivity index (χ4v) is 2.38. The Labute approximate surface area is 163 Å². The average molecular weight is 379 g/mol. The molecule has 0 radical (unpaired) electrons. The van der Waals surface area contributed by atoms with Gasteiger partial charge in [-0.2, -0.15) is 0 Å². The molecule has 3 aromatic carbocycles. The van der Waals surface area contributed by atoms with Crippen LogP contribution in [0.3, 0.4) is 0 Å². The fraction of sp³-hybridized carbons (Fsp3) is 0.136. The molecule has 0 spiro atoms. The normalized spacial score (nSPS) is 10.2. The van der Waals surface area contributed by atoms with Crippen molar-refractivity contribution in [3.63, 3.8) is 0 Å². The van der Waals surface area contributed by atoms with Crippen LogP contribution in [0.4, 0.5) is 5.69 Å². The Morgan fingerprint density at radius 3 is 2.21 bits per heavy atom. The summed E-state index contributed by atoms with van der Waals surface area (Å²) in [7, 11) is 1.30. The van der Waals surface area contributed by atoms with Crippen LogP contribution in [0.25, 0.3) is 0 Å². The summed E-state index contributed by atoms with van der Waals surface area (Å²) >= 11 is 0. The Morgan fingerprint density at radius 1 is 0.857 bits per heavy atom. The molecule has 0 saturated carbocycles. The molecule has 0 saturated heterocycles. The van der Waals surface area contributed by atoms with Crippen molar-refractivity contribution in [1.82, 2.24) is 0 Å². The number of anilines is 1. The monoisotopic (exact) mass is 379 g/mol. The quantitative estimate of drug-likeness (QED) is 0.467. The zero-order valence-corrected chi connectivity index (χ0v) is 15.5. The van der Waals surface area contributed by atoms with Crippen molar-refractivity contribution in [1.29, 1.82) is 0 Å². The number of benzene rings is 3. The summed E-state index contributed by atoms with van der Waals surface area (Å²) < 4.78 is 21.4. The van der Waals surface area contributed by atoms with E-state index in [4.69, 9.17) is 19.9 Å². The maximum absolute atomic E-state index is 11.1. The van der Waals surface area contributed by atoms with Gasteiger partial charge in [0.2, 0.25) is 0 Å². The lowest BCUT2D eigenvalue weighted by Crippen LogP contribution is -2.12. The van der Waals surface area contributed by atoms with E-state index in [1.165, 1.54) is 7.11 Å². The van der Waals surface area contributed by atoms with Crippen LogP contribution >= 0.6 is 0 Å². The molecule has 28 heavy (non-hydrogen) atoms. The second kappa shape index (κ2) is 9.32. The first-order chi connectivity index (χ1) is 13.6. The van der Waals surface area contributed by atoms with Crippen LogP contribution in [0.15, 0.2) is 72.8 Å². The number of rotatable bonds is 8. The third kappa shape index (κ3) is 5.41. The molecule has 3 rings (SSSR count). The number of methoxy groups -OCH3 is 1. The van der Waals surface area contributed by atoms with E-state index in [-0.39, 0.29) is 6.61 Å². The molecule has 0 bridgehead atoms. The molecule has 0 atom stereocenters. The first kappa shape index (κ1) is 19.1. The first-order valence-electron chi connectivity index (χ1n) is 8.68. The van der Waals surface area contributed by atoms with E-state index in [1.54, 1.807) is 30.3 Å². The number of nitrogens with two attached hydrogens (primary N) is 1. The number of carbonyl (C=O) groups is 1. The van der Waals surface area contributed by atoms with Gasteiger partial charge in [0, 0.05) is 6.07 Å². The van der Waals surface area contributed by atoms with Gasteiger partial charge in [-0.15, -0.1) is 0 Å². The van der Waals surface area contributed by atoms with Crippen LogP contribution in [-0.2, 0) is 16.1 Å². The molecule has 6 heteroatoms. The largest absolute Gasteiger partial charge is 0.489 e. The highest BCUT2D eigenvalue weighted by atomic mass is 16.6. The predicted molar refractivity (Wildman–Crippen MR) is 106 cm³/mol. The average Bonchev–Trinajstić information content (AvgIpc) is 2.74. The van der Waals surface area contributed by atoms with Gasteiger partial charge in [-0.25, -0.2) is 4.79 Å².